The Morgan fingerprint density at radius 3 is 2.15 bits per heavy atom. The highest BCUT2D eigenvalue weighted by atomic mass is 32.2. The molecule has 0 bridgehead atoms. The summed E-state index contributed by atoms with van der Waals surface area (Å²) in [4.78, 5) is 0.890. The molecule has 0 N–H and O–H groups in total. The predicted octanol–water partition coefficient (Wildman–Crippen LogP) is 4.51. The maximum absolute atomic E-state index is 12.3. The fourth-order valence-electron chi connectivity index (χ4n) is 1.71. The molecule has 0 amide bonds. The molecule has 0 radical (unpaired) electrons. The van der Waals surface area contributed by atoms with Gasteiger partial charge in [0.2, 0.25) is 0 Å². The van der Waals surface area contributed by atoms with Gasteiger partial charge in [-0.05, 0) is 44.1 Å². The van der Waals surface area contributed by atoms with E-state index >= 15 is 0 Å². The van der Waals surface area contributed by atoms with Crippen molar-refractivity contribution in [1.82, 2.24) is 0 Å². The maximum atomic E-state index is 12.3. The first-order valence-corrected chi connectivity index (χ1v) is 11.4. The van der Waals surface area contributed by atoms with E-state index < -0.39 is 19.1 Å². The molecular weight excluding hydrogens is 284 g/mol. The lowest BCUT2D eigenvalue weighted by molar-refractivity contribution is 0.221. The van der Waals surface area contributed by atoms with E-state index in [-0.39, 0.29) is 11.1 Å². The topological polar surface area (TPSA) is 26.3 Å². The molecule has 2 atom stereocenters. The molecule has 0 aliphatic rings. The van der Waals surface area contributed by atoms with Gasteiger partial charge in [0, 0.05) is 4.90 Å². The minimum atomic E-state index is -1.78. The zero-order valence-corrected chi connectivity index (χ0v) is 15.6. The smallest absolute Gasteiger partial charge is 0.192 e. The second kappa shape index (κ2) is 6.54. The van der Waals surface area contributed by atoms with Crippen LogP contribution in [0.4, 0.5) is 0 Å². The summed E-state index contributed by atoms with van der Waals surface area (Å²) >= 11 is 0. The molecule has 1 aromatic rings. The number of aryl methyl sites for hydroxylation is 1. The molecule has 0 spiro atoms. The van der Waals surface area contributed by atoms with Crippen molar-refractivity contribution in [2.24, 2.45) is 0 Å². The SMILES string of the molecule is Cc1ccc([S@](=O)C[C@H](C)O[Si](C)(C)C(C)(C)C)cc1. The van der Waals surface area contributed by atoms with Crippen LogP contribution in [-0.4, -0.2) is 24.4 Å². The van der Waals surface area contributed by atoms with Crippen LogP contribution in [0.3, 0.4) is 0 Å². The second-order valence-electron chi connectivity index (χ2n) is 7.01. The molecule has 114 valence electrons. The Balaban J connectivity index is 2.65. The molecule has 0 saturated carbocycles. The number of hydrogen-bond acceptors (Lipinski definition) is 2. The van der Waals surface area contributed by atoms with Crippen molar-refractivity contribution in [3.63, 3.8) is 0 Å². The molecular formula is C16H28O2SSi. The zero-order chi connectivity index (χ0) is 15.6. The van der Waals surface area contributed by atoms with Crippen LogP contribution in [0.1, 0.15) is 33.3 Å². The van der Waals surface area contributed by atoms with Crippen LogP contribution in [0.15, 0.2) is 29.2 Å². The second-order valence-corrected chi connectivity index (χ2v) is 13.3. The predicted molar refractivity (Wildman–Crippen MR) is 90.2 cm³/mol. The van der Waals surface area contributed by atoms with Crippen LogP contribution in [0, 0.1) is 6.92 Å². The molecule has 4 heteroatoms. The average molecular weight is 313 g/mol. The lowest BCUT2D eigenvalue weighted by Gasteiger charge is -2.38. The van der Waals surface area contributed by atoms with Crippen molar-refractivity contribution < 1.29 is 8.63 Å². The number of rotatable bonds is 5. The molecule has 0 aromatic heterocycles. The van der Waals surface area contributed by atoms with E-state index in [1.807, 2.05) is 38.1 Å². The Hall–Kier alpha value is -0.453. The Morgan fingerprint density at radius 2 is 1.70 bits per heavy atom. The van der Waals surface area contributed by atoms with E-state index in [9.17, 15) is 4.21 Å². The van der Waals surface area contributed by atoms with Gasteiger partial charge in [0.15, 0.2) is 8.32 Å². The minimum Gasteiger partial charge on any atom is -0.413 e. The Bertz CT molecular complexity index is 460. The van der Waals surface area contributed by atoms with Gasteiger partial charge in [-0.3, -0.25) is 4.21 Å². The third-order valence-corrected chi connectivity index (χ3v) is 10.1. The van der Waals surface area contributed by atoms with Gasteiger partial charge in [-0.15, -0.1) is 0 Å². The first-order chi connectivity index (χ1) is 9.03. The molecule has 0 aliphatic carbocycles. The van der Waals surface area contributed by atoms with Gasteiger partial charge in [-0.25, -0.2) is 0 Å². The summed E-state index contributed by atoms with van der Waals surface area (Å²) in [7, 11) is -2.77. The van der Waals surface area contributed by atoms with Crippen molar-refractivity contribution >= 4 is 19.1 Å². The van der Waals surface area contributed by atoms with Crippen molar-refractivity contribution in [3.8, 4) is 0 Å². The van der Waals surface area contributed by atoms with Gasteiger partial charge >= 0.3 is 0 Å². The van der Waals surface area contributed by atoms with Crippen LogP contribution in [0.25, 0.3) is 0 Å². The van der Waals surface area contributed by atoms with Gasteiger partial charge in [-0.1, -0.05) is 38.5 Å². The highest BCUT2D eigenvalue weighted by Gasteiger charge is 2.38. The molecule has 0 fully saturated rings. The van der Waals surface area contributed by atoms with Crippen molar-refractivity contribution in [3.05, 3.63) is 29.8 Å². The maximum Gasteiger partial charge on any atom is 0.192 e. The minimum absolute atomic E-state index is 0.0260. The van der Waals surface area contributed by atoms with E-state index in [1.54, 1.807) is 0 Å². The summed E-state index contributed by atoms with van der Waals surface area (Å²) < 4.78 is 18.6. The van der Waals surface area contributed by atoms with E-state index in [0.29, 0.717) is 5.75 Å². The third-order valence-electron chi connectivity index (χ3n) is 3.97. The molecule has 0 heterocycles. The molecule has 2 nitrogen and oxygen atoms in total. The summed E-state index contributed by atoms with van der Waals surface area (Å²) in [5.74, 6) is 0.565. The molecule has 0 saturated heterocycles. The number of benzene rings is 1. The van der Waals surface area contributed by atoms with Gasteiger partial charge in [-0.2, -0.15) is 0 Å². The van der Waals surface area contributed by atoms with E-state index in [4.69, 9.17) is 4.43 Å². The fraction of sp³-hybridized carbons (Fsp3) is 0.625. The zero-order valence-electron chi connectivity index (χ0n) is 13.8. The van der Waals surface area contributed by atoms with Crippen LogP contribution >= 0.6 is 0 Å². The molecule has 0 unspecified atom stereocenters. The summed E-state index contributed by atoms with van der Waals surface area (Å²) in [5, 5.41) is 0.187. The van der Waals surface area contributed by atoms with E-state index in [0.717, 1.165) is 4.90 Å². The molecule has 20 heavy (non-hydrogen) atoms. The van der Waals surface area contributed by atoms with Crippen molar-refractivity contribution in [2.45, 2.75) is 63.8 Å². The highest BCUT2D eigenvalue weighted by molar-refractivity contribution is 7.85. The lowest BCUT2D eigenvalue weighted by Crippen LogP contribution is -2.44. The lowest BCUT2D eigenvalue weighted by atomic mass is 10.2. The van der Waals surface area contributed by atoms with Crippen LogP contribution < -0.4 is 0 Å². The van der Waals surface area contributed by atoms with Crippen molar-refractivity contribution in [1.29, 1.82) is 0 Å². The Morgan fingerprint density at radius 1 is 1.20 bits per heavy atom. The van der Waals surface area contributed by atoms with E-state index in [2.05, 4.69) is 33.9 Å². The third kappa shape index (κ3) is 4.83. The Labute approximate surface area is 127 Å². The summed E-state index contributed by atoms with van der Waals surface area (Å²) in [6.45, 7) is 15.2. The molecule has 1 rings (SSSR count). The average Bonchev–Trinajstić information content (AvgIpc) is 2.27. The molecule has 0 aliphatic heterocycles. The first kappa shape index (κ1) is 17.6. The standard InChI is InChI=1S/C16H28O2SSi/c1-13-8-10-15(11-9-13)19(17)12-14(2)18-20(6,7)16(3,4)5/h8-11,14H,12H2,1-7H3/t14-,19+/m0/s1. The highest BCUT2D eigenvalue weighted by Crippen LogP contribution is 2.37. The van der Waals surface area contributed by atoms with Gasteiger partial charge in [0.05, 0.1) is 22.7 Å². The summed E-state index contributed by atoms with van der Waals surface area (Å²) in [6, 6.07) is 7.91. The summed E-state index contributed by atoms with van der Waals surface area (Å²) in [6.07, 6.45) is 0.0260. The van der Waals surface area contributed by atoms with Crippen LogP contribution in [0.2, 0.25) is 18.1 Å². The van der Waals surface area contributed by atoms with Crippen molar-refractivity contribution in [2.75, 3.05) is 5.75 Å². The van der Waals surface area contributed by atoms with Gasteiger partial charge < -0.3 is 4.43 Å². The van der Waals surface area contributed by atoms with Crippen LogP contribution in [0.5, 0.6) is 0 Å². The quantitative estimate of drug-likeness (QED) is 0.748. The Kier molecular flexibility index (Phi) is 5.76. The fourth-order valence-corrected chi connectivity index (χ4v) is 4.40. The van der Waals surface area contributed by atoms with Gasteiger partial charge in [0.25, 0.3) is 0 Å². The summed E-state index contributed by atoms with van der Waals surface area (Å²) in [5.41, 5.74) is 1.19. The van der Waals surface area contributed by atoms with Gasteiger partial charge in [0.1, 0.15) is 0 Å². The monoisotopic (exact) mass is 312 g/mol. The van der Waals surface area contributed by atoms with Crippen LogP contribution in [-0.2, 0) is 15.2 Å². The van der Waals surface area contributed by atoms with E-state index in [1.165, 1.54) is 5.56 Å². The first-order valence-electron chi connectivity index (χ1n) is 7.16. The molecule has 1 aromatic carbocycles. The normalized spacial score (nSPS) is 15.9. The number of hydrogen-bond donors (Lipinski definition) is 0. The largest absolute Gasteiger partial charge is 0.413 e.